The molecule has 0 aliphatic heterocycles. The van der Waals surface area contributed by atoms with E-state index in [1.165, 1.54) is 0 Å². The number of hydrogen-bond donors (Lipinski definition) is 2. The van der Waals surface area contributed by atoms with Gasteiger partial charge in [0.1, 0.15) is 0 Å². The van der Waals surface area contributed by atoms with Crippen LogP contribution in [-0.2, 0) is 0 Å². The number of rotatable bonds is 2. The van der Waals surface area contributed by atoms with Crippen LogP contribution in [-0.4, -0.2) is 16.1 Å². The van der Waals surface area contributed by atoms with Crippen LogP contribution >= 0.6 is 0 Å². The quantitative estimate of drug-likeness (QED) is 0.717. The Hall–Kier alpha value is -1.79. The molecule has 7 heteroatoms. The lowest BCUT2D eigenvalue weighted by molar-refractivity contribution is 0.0675. The van der Waals surface area contributed by atoms with Gasteiger partial charge < -0.3 is 10.8 Å². The van der Waals surface area contributed by atoms with Gasteiger partial charge in [0.2, 0.25) is 5.95 Å². The zero-order chi connectivity index (χ0) is 10.9. The number of nitrogens with two attached hydrogens (primary N) is 1. The number of carboxylic acid groups (broad SMARTS) is 1. The van der Waals surface area contributed by atoms with Gasteiger partial charge in [-0.15, -0.1) is 0 Å². The number of carbonyl (C=O) groups is 1. The summed E-state index contributed by atoms with van der Waals surface area (Å²) in [6.45, 7) is 0. The van der Waals surface area contributed by atoms with Crippen LogP contribution in [0.1, 0.15) is 22.5 Å². The van der Waals surface area contributed by atoms with Crippen LogP contribution in [0.5, 0.6) is 0 Å². The van der Waals surface area contributed by atoms with Gasteiger partial charge in [0, 0.05) is 0 Å². The largest absolute Gasteiger partial charge is 0.476 e. The Morgan fingerprint density at radius 1 is 1.57 bits per heavy atom. The molecule has 0 bridgehead atoms. The van der Waals surface area contributed by atoms with Gasteiger partial charge in [-0.1, -0.05) is 0 Å². The maximum atomic E-state index is 12.6. The van der Waals surface area contributed by atoms with Crippen LogP contribution in [0.3, 0.4) is 0 Å². The van der Waals surface area contributed by atoms with Crippen molar-refractivity contribution in [2.24, 2.45) is 0 Å². The Morgan fingerprint density at radius 3 is 2.57 bits per heavy atom. The van der Waals surface area contributed by atoms with Crippen molar-refractivity contribution in [3.63, 3.8) is 0 Å². The van der Waals surface area contributed by atoms with Crippen molar-refractivity contribution in [2.75, 3.05) is 5.73 Å². The number of aromatic carboxylic acids is 1. The molecule has 76 valence electrons. The number of carboxylic acids is 1. The number of hydrogen-bond acceptors (Lipinski definition) is 3. The standard InChI is InChI=1S/C7H5F3N2O2/c8-5(9)2-1-3(11)6(10)12-4(2)7(13)14/h1,5H,11H2,(H,13,14). The number of halogens is 3. The molecule has 0 spiro atoms. The molecule has 0 saturated heterocycles. The summed E-state index contributed by atoms with van der Waals surface area (Å²) in [5.41, 5.74) is 2.44. The van der Waals surface area contributed by atoms with Crippen molar-refractivity contribution in [3.8, 4) is 0 Å². The summed E-state index contributed by atoms with van der Waals surface area (Å²) in [7, 11) is 0. The summed E-state index contributed by atoms with van der Waals surface area (Å²) >= 11 is 0. The predicted molar refractivity (Wildman–Crippen MR) is 40.5 cm³/mol. The highest BCUT2D eigenvalue weighted by molar-refractivity contribution is 5.87. The van der Waals surface area contributed by atoms with E-state index in [-0.39, 0.29) is 0 Å². The number of nitrogen functional groups attached to an aromatic ring is 1. The minimum absolute atomic E-state index is 0.566. The second-order valence-corrected chi connectivity index (χ2v) is 2.41. The van der Waals surface area contributed by atoms with Crippen LogP contribution in [0.25, 0.3) is 0 Å². The topological polar surface area (TPSA) is 76.2 Å². The highest BCUT2D eigenvalue weighted by Gasteiger charge is 2.21. The van der Waals surface area contributed by atoms with Gasteiger partial charge in [-0.25, -0.2) is 18.6 Å². The highest BCUT2D eigenvalue weighted by atomic mass is 19.3. The van der Waals surface area contributed by atoms with Crippen molar-refractivity contribution >= 4 is 11.7 Å². The molecule has 0 unspecified atom stereocenters. The fourth-order valence-corrected chi connectivity index (χ4v) is 0.860. The third kappa shape index (κ3) is 1.76. The summed E-state index contributed by atoms with van der Waals surface area (Å²) in [6.07, 6.45) is -3.06. The molecule has 0 aromatic carbocycles. The Balaban J connectivity index is 3.39. The molecule has 0 atom stereocenters. The maximum absolute atomic E-state index is 12.6. The summed E-state index contributed by atoms with van der Waals surface area (Å²) < 4.78 is 37.1. The first kappa shape index (κ1) is 10.3. The third-order valence-electron chi connectivity index (χ3n) is 1.47. The van der Waals surface area contributed by atoms with Crippen LogP contribution in [0.15, 0.2) is 6.07 Å². The molecule has 3 N–H and O–H groups in total. The van der Waals surface area contributed by atoms with Crippen molar-refractivity contribution in [2.45, 2.75) is 6.43 Å². The molecule has 0 aliphatic carbocycles. The number of pyridine rings is 1. The van der Waals surface area contributed by atoms with Crippen LogP contribution in [0.2, 0.25) is 0 Å². The molecular formula is C7H5F3N2O2. The lowest BCUT2D eigenvalue weighted by Crippen LogP contribution is -2.09. The lowest BCUT2D eigenvalue weighted by atomic mass is 10.2. The lowest BCUT2D eigenvalue weighted by Gasteiger charge is -2.05. The second kappa shape index (κ2) is 3.52. The van der Waals surface area contributed by atoms with E-state index in [0.29, 0.717) is 6.07 Å². The van der Waals surface area contributed by atoms with Crippen LogP contribution in [0.4, 0.5) is 18.9 Å². The van der Waals surface area contributed by atoms with Gasteiger partial charge in [0.05, 0.1) is 11.3 Å². The van der Waals surface area contributed by atoms with Crippen LogP contribution in [0, 0.1) is 5.95 Å². The SMILES string of the molecule is Nc1cc(C(F)F)c(C(=O)O)nc1F. The molecule has 0 radical (unpaired) electrons. The number of anilines is 1. The molecule has 1 rings (SSSR count). The van der Waals surface area contributed by atoms with Gasteiger partial charge in [-0.3, -0.25) is 0 Å². The molecule has 0 fully saturated rings. The Morgan fingerprint density at radius 2 is 2.14 bits per heavy atom. The molecule has 1 heterocycles. The van der Waals surface area contributed by atoms with E-state index >= 15 is 0 Å². The van der Waals surface area contributed by atoms with Crippen molar-refractivity contribution in [1.82, 2.24) is 4.98 Å². The number of aromatic nitrogens is 1. The first-order chi connectivity index (χ1) is 6.43. The maximum Gasteiger partial charge on any atom is 0.355 e. The molecule has 14 heavy (non-hydrogen) atoms. The van der Waals surface area contributed by atoms with E-state index in [4.69, 9.17) is 10.8 Å². The van der Waals surface area contributed by atoms with E-state index < -0.39 is 35.3 Å². The van der Waals surface area contributed by atoms with Gasteiger partial charge in [0.15, 0.2) is 5.69 Å². The number of alkyl halides is 2. The zero-order valence-corrected chi connectivity index (χ0v) is 6.67. The van der Waals surface area contributed by atoms with Gasteiger partial charge in [-0.05, 0) is 6.07 Å². The summed E-state index contributed by atoms with van der Waals surface area (Å²) in [5.74, 6) is -2.99. The fourth-order valence-electron chi connectivity index (χ4n) is 0.860. The van der Waals surface area contributed by atoms with Gasteiger partial charge in [0.25, 0.3) is 6.43 Å². The molecule has 0 amide bonds. The summed E-state index contributed by atoms with van der Waals surface area (Å²) in [5, 5.41) is 8.43. The van der Waals surface area contributed by atoms with E-state index in [9.17, 15) is 18.0 Å². The molecule has 0 aliphatic rings. The Labute approximate surface area is 76.2 Å². The Kier molecular flexibility index (Phi) is 2.59. The van der Waals surface area contributed by atoms with E-state index in [1.807, 2.05) is 0 Å². The smallest absolute Gasteiger partial charge is 0.355 e. The normalized spacial score (nSPS) is 10.6. The van der Waals surface area contributed by atoms with E-state index in [0.717, 1.165) is 0 Å². The monoisotopic (exact) mass is 206 g/mol. The molecule has 1 aromatic heterocycles. The van der Waals surface area contributed by atoms with Gasteiger partial charge >= 0.3 is 5.97 Å². The fraction of sp³-hybridized carbons (Fsp3) is 0.143. The Bertz CT molecular complexity index is 381. The van der Waals surface area contributed by atoms with Crippen LogP contribution < -0.4 is 5.73 Å². The predicted octanol–water partition coefficient (Wildman–Crippen LogP) is 1.44. The average Bonchev–Trinajstić information content (AvgIpc) is 2.08. The third-order valence-corrected chi connectivity index (χ3v) is 1.47. The van der Waals surface area contributed by atoms with Crippen molar-refractivity contribution in [3.05, 3.63) is 23.3 Å². The number of nitrogens with zero attached hydrogens (tertiary/aromatic N) is 1. The summed E-state index contributed by atoms with van der Waals surface area (Å²) in [4.78, 5) is 13.2. The average molecular weight is 206 g/mol. The minimum Gasteiger partial charge on any atom is -0.476 e. The first-order valence-electron chi connectivity index (χ1n) is 3.41. The van der Waals surface area contributed by atoms with E-state index in [2.05, 4.69) is 4.98 Å². The second-order valence-electron chi connectivity index (χ2n) is 2.41. The molecule has 4 nitrogen and oxygen atoms in total. The van der Waals surface area contributed by atoms with Crippen molar-refractivity contribution < 1.29 is 23.1 Å². The molecule has 0 saturated carbocycles. The van der Waals surface area contributed by atoms with Crippen molar-refractivity contribution in [1.29, 1.82) is 0 Å². The summed E-state index contributed by atoms with van der Waals surface area (Å²) in [6, 6.07) is 0.566. The first-order valence-corrected chi connectivity index (χ1v) is 3.41. The molecular weight excluding hydrogens is 201 g/mol. The minimum atomic E-state index is -3.06. The molecule has 1 aromatic rings. The van der Waals surface area contributed by atoms with E-state index in [1.54, 1.807) is 0 Å². The highest BCUT2D eigenvalue weighted by Crippen LogP contribution is 2.24. The van der Waals surface area contributed by atoms with Gasteiger partial charge in [-0.2, -0.15) is 4.39 Å². The zero-order valence-electron chi connectivity index (χ0n) is 6.67.